The number of hydrogen-bond acceptors (Lipinski definition) is 3. The van der Waals surface area contributed by atoms with E-state index in [2.05, 4.69) is 9.62 Å². The third-order valence-electron chi connectivity index (χ3n) is 6.67. The molecule has 190 valence electrons. The largest absolute Gasteiger partial charge is 0.363 e. The number of anilines is 1. The molecule has 0 aliphatic carbocycles. The number of benzene rings is 4. The van der Waals surface area contributed by atoms with Crippen LogP contribution in [0.5, 0.6) is 0 Å². The fraction of sp³-hybridized carbons (Fsp3) is 0.172. The summed E-state index contributed by atoms with van der Waals surface area (Å²) in [4.78, 5) is 2.46. The molecule has 0 saturated carbocycles. The van der Waals surface area contributed by atoms with Crippen molar-refractivity contribution in [1.82, 2.24) is 4.72 Å². The van der Waals surface area contributed by atoms with E-state index < -0.39 is 10.0 Å². The zero-order valence-electron chi connectivity index (χ0n) is 19.8. The Kier molecular flexibility index (Phi) is 7.80. The Morgan fingerprint density at radius 1 is 0.757 bits per heavy atom. The van der Waals surface area contributed by atoms with E-state index in [1.807, 2.05) is 78.9 Å². The van der Waals surface area contributed by atoms with Gasteiger partial charge in [-0.1, -0.05) is 89.4 Å². The van der Waals surface area contributed by atoms with Gasteiger partial charge in [-0.2, -0.15) is 0 Å². The molecule has 1 aliphatic heterocycles. The van der Waals surface area contributed by atoms with Gasteiger partial charge < -0.3 is 4.90 Å². The number of piperidine rings is 1. The zero-order chi connectivity index (χ0) is 26.0. The van der Waals surface area contributed by atoms with Gasteiger partial charge in [-0.05, 0) is 72.0 Å². The predicted molar refractivity (Wildman–Crippen MR) is 153 cm³/mol. The summed E-state index contributed by atoms with van der Waals surface area (Å²) >= 11 is 18.8. The van der Waals surface area contributed by atoms with Crippen LogP contribution in [0.4, 0.5) is 5.69 Å². The molecule has 4 aromatic rings. The van der Waals surface area contributed by atoms with Gasteiger partial charge in [0.1, 0.15) is 0 Å². The monoisotopic (exact) mass is 570 g/mol. The minimum atomic E-state index is -3.70. The first-order valence-electron chi connectivity index (χ1n) is 12.0. The summed E-state index contributed by atoms with van der Waals surface area (Å²) in [5.74, 6) is 0. The highest BCUT2D eigenvalue weighted by Crippen LogP contribution is 2.40. The van der Waals surface area contributed by atoms with Crippen LogP contribution in [0.3, 0.4) is 0 Å². The molecule has 0 bridgehead atoms. The average Bonchev–Trinajstić information content (AvgIpc) is 2.90. The molecule has 4 aromatic carbocycles. The van der Waals surface area contributed by atoms with Crippen LogP contribution >= 0.6 is 34.8 Å². The average molecular weight is 572 g/mol. The molecule has 4 nitrogen and oxygen atoms in total. The van der Waals surface area contributed by atoms with Gasteiger partial charge in [0.05, 0.1) is 21.6 Å². The van der Waals surface area contributed by atoms with E-state index in [9.17, 15) is 8.42 Å². The molecule has 0 spiro atoms. The second-order valence-corrected chi connectivity index (χ2v) is 12.1. The molecule has 5 rings (SSSR count). The van der Waals surface area contributed by atoms with Crippen molar-refractivity contribution in [3.63, 3.8) is 0 Å². The lowest BCUT2D eigenvalue weighted by Gasteiger charge is -2.42. The van der Waals surface area contributed by atoms with Gasteiger partial charge in [0.15, 0.2) is 0 Å². The molecule has 0 aromatic heterocycles. The maximum Gasteiger partial charge on any atom is 0.240 e. The molecule has 37 heavy (non-hydrogen) atoms. The summed E-state index contributed by atoms with van der Waals surface area (Å²) in [5, 5.41) is 1.77. The minimum absolute atomic E-state index is 0.0992. The summed E-state index contributed by atoms with van der Waals surface area (Å²) in [6, 6.07) is 29.6. The molecule has 1 aliphatic rings. The Bertz CT molecular complexity index is 1480. The molecule has 1 saturated heterocycles. The van der Waals surface area contributed by atoms with Crippen LogP contribution < -0.4 is 9.62 Å². The van der Waals surface area contributed by atoms with Gasteiger partial charge in [0.25, 0.3) is 0 Å². The Balaban J connectivity index is 1.38. The first-order chi connectivity index (χ1) is 17.8. The first-order valence-corrected chi connectivity index (χ1v) is 14.6. The highest BCUT2D eigenvalue weighted by atomic mass is 35.5. The Morgan fingerprint density at radius 2 is 1.41 bits per heavy atom. The number of halogens is 3. The molecule has 0 radical (unpaired) electrons. The fourth-order valence-electron chi connectivity index (χ4n) is 4.82. The second-order valence-electron chi connectivity index (χ2n) is 9.09. The number of nitrogens with one attached hydrogen (secondary N) is 1. The molecule has 8 heteroatoms. The fourth-order valence-corrected chi connectivity index (χ4v) is 6.75. The van der Waals surface area contributed by atoms with Crippen molar-refractivity contribution in [3.05, 3.63) is 118 Å². The van der Waals surface area contributed by atoms with Gasteiger partial charge in [0.2, 0.25) is 10.0 Å². The third-order valence-corrected chi connectivity index (χ3v) is 9.00. The molecule has 2 unspecified atom stereocenters. The number of sulfonamides is 1. The van der Waals surface area contributed by atoms with Crippen molar-refractivity contribution >= 4 is 50.5 Å². The quantitative estimate of drug-likeness (QED) is 0.255. The van der Waals surface area contributed by atoms with E-state index in [-0.39, 0.29) is 17.0 Å². The van der Waals surface area contributed by atoms with Crippen molar-refractivity contribution < 1.29 is 8.42 Å². The highest BCUT2D eigenvalue weighted by molar-refractivity contribution is 7.89. The van der Waals surface area contributed by atoms with Crippen LogP contribution in [-0.4, -0.2) is 21.0 Å². The molecule has 2 atom stereocenters. The summed E-state index contributed by atoms with van der Waals surface area (Å²) in [5.41, 5.74) is 3.91. The molecule has 1 heterocycles. The third kappa shape index (κ3) is 5.97. The van der Waals surface area contributed by atoms with Crippen molar-refractivity contribution in [1.29, 1.82) is 0 Å². The smallest absolute Gasteiger partial charge is 0.240 e. The van der Waals surface area contributed by atoms with Crippen LogP contribution in [0, 0.1) is 0 Å². The Labute approximate surface area is 232 Å². The van der Waals surface area contributed by atoms with E-state index in [4.69, 9.17) is 34.8 Å². The van der Waals surface area contributed by atoms with Crippen LogP contribution in [0.1, 0.15) is 24.4 Å². The maximum atomic E-state index is 13.3. The number of hydrogen-bond donors (Lipinski definition) is 1. The van der Waals surface area contributed by atoms with Crippen LogP contribution in [0.2, 0.25) is 15.1 Å². The van der Waals surface area contributed by atoms with Crippen LogP contribution in [-0.2, 0) is 10.0 Å². The van der Waals surface area contributed by atoms with E-state index in [0.29, 0.717) is 34.5 Å². The zero-order valence-corrected chi connectivity index (χ0v) is 22.9. The summed E-state index contributed by atoms with van der Waals surface area (Å²) < 4.78 is 29.5. The van der Waals surface area contributed by atoms with Crippen LogP contribution in [0.15, 0.2) is 102 Å². The van der Waals surface area contributed by atoms with Crippen molar-refractivity contribution in [2.75, 3.05) is 11.4 Å². The van der Waals surface area contributed by atoms with Gasteiger partial charge in [-0.25, -0.2) is 13.1 Å². The summed E-state index contributed by atoms with van der Waals surface area (Å²) in [6.45, 7) is 0.620. The predicted octanol–water partition coefficient (Wildman–Crippen LogP) is 8.00. The van der Waals surface area contributed by atoms with Gasteiger partial charge in [-0.15, -0.1) is 0 Å². The van der Waals surface area contributed by atoms with Gasteiger partial charge >= 0.3 is 0 Å². The lowest BCUT2D eigenvalue weighted by molar-refractivity contribution is 0.395. The lowest BCUT2D eigenvalue weighted by Crippen LogP contribution is -2.46. The Hall–Kier alpha value is -2.54. The molecular formula is C29H25Cl3N2O2S. The van der Waals surface area contributed by atoms with Crippen molar-refractivity contribution in [2.24, 2.45) is 0 Å². The normalized spacial score (nSPS) is 18.1. The second kappa shape index (κ2) is 11.1. The standard InChI is InChI=1S/C29H25Cl3N2O2S/c30-23-10-6-22(7-11-23)29-19-25(16-17-34(29)28-15-12-24(31)18-27(28)32)33-37(35,36)26-13-8-21(9-14-26)20-4-2-1-3-5-20/h1-15,18,25,29,33H,16-17,19H2. The van der Waals surface area contributed by atoms with Crippen molar-refractivity contribution in [3.8, 4) is 11.1 Å². The van der Waals surface area contributed by atoms with E-state index in [0.717, 1.165) is 22.4 Å². The molecule has 1 fully saturated rings. The minimum Gasteiger partial charge on any atom is -0.363 e. The highest BCUT2D eigenvalue weighted by Gasteiger charge is 2.33. The maximum absolute atomic E-state index is 13.3. The van der Waals surface area contributed by atoms with Crippen molar-refractivity contribution in [2.45, 2.75) is 29.8 Å². The van der Waals surface area contributed by atoms with E-state index >= 15 is 0 Å². The topological polar surface area (TPSA) is 49.4 Å². The molecular weight excluding hydrogens is 547 g/mol. The van der Waals surface area contributed by atoms with E-state index in [1.165, 1.54) is 0 Å². The van der Waals surface area contributed by atoms with Gasteiger partial charge in [-0.3, -0.25) is 0 Å². The molecule has 1 N–H and O–H groups in total. The SMILES string of the molecule is O=S(=O)(NC1CCN(c2ccc(Cl)cc2Cl)C(c2ccc(Cl)cc2)C1)c1ccc(-c2ccccc2)cc1. The molecule has 0 amide bonds. The Morgan fingerprint density at radius 3 is 2.08 bits per heavy atom. The summed E-state index contributed by atoms with van der Waals surface area (Å²) in [7, 11) is -3.70. The number of nitrogens with zero attached hydrogens (tertiary/aromatic N) is 1. The first kappa shape index (κ1) is 26.1. The lowest BCUT2D eigenvalue weighted by atomic mass is 9.91. The summed E-state index contributed by atoms with van der Waals surface area (Å²) in [6.07, 6.45) is 1.20. The van der Waals surface area contributed by atoms with E-state index in [1.54, 1.807) is 18.2 Å². The van der Waals surface area contributed by atoms with Gasteiger partial charge in [0, 0.05) is 22.6 Å². The van der Waals surface area contributed by atoms with Crippen LogP contribution in [0.25, 0.3) is 11.1 Å². The number of rotatable bonds is 6.